The molecule has 1 aliphatic rings. The number of aromatic nitrogens is 2. The normalized spacial score (nSPS) is 24.0. The van der Waals surface area contributed by atoms with Gasteiger partial charge in [0, 0.05) is 13.2 Å². The summed E-state index contributed by atoms with van der Waals surface area (Å²) >= 11 is 0. The Kier molecular flexibility index (Phi) is 3.89. The Hall–Kier alpha value is -1.67. The molecule has 2 rings (SSSR count). The van der Waals surface area contributed by atoms with Gasteiger partial charge in [-0.2, -0.15) is 5.26 Å². The molecule has 0 spiro atoms. The molecule has 0 radical (unpaired) electrons. The van der Waals surface area contributed by atoms with Gasteiger partial charge in [-0.1, -0.05) is 0 Å². The molecule has 5 nitrogen and oxygen atoms in total. The number of hydrogen-bond acceptors (Lipinski definition) is 5. The van der Waals surface area contributed by atoms with E-state index < -0.39 is 0 Å². The lowest BCUT2D eigenvalue weighted by atomic mass is 9.93. The number of ether oxygens (including phenoxy) is 1. The Morgan fingerprint density at radius 1 is 1.41 bits per heavy atom. The molecule has 0 atom stereocenters. The molecule has 0 unspecified atom stereocenters. The van der Waals surface area contributed by atoms with Gasteiger partial charge in [0.2, 0.25) is 0 Å². The van der Waals surface area contributed by atoms with E-state index in [0.717, 1.165) is 25.7 Å². The Labute approximate surface area is 101 Å². The molecule has 0 amide bonds. The summed E-state index contributed by atoms with van der Waals surface area (Å²) in [6.07, 6.45) is 7.59. The summed E-state index contributed by atoms with van der Waals surface area (Å²) < 4.78 is 5.33. The Balaban J connectivity index is 1.96. The van der Waals surface area contributed by atoms with Gasteiger partial charge in [-0.3, -0.25) is 0 Å². The number of nitrogens with one attached hydrogen (secondary N) is 1. The van der Waals surface area contributed by atoms with E-state index in [4.69, 9.17) is 10.00 Å². The lowest BCUT2D eigenvalue weighted by Crippen LogP contribution is -2.29. The largest absolute Gasteiger partial charge is 0.381 e. The summed E-state index contributed by atoms with van der Waals surface area (Å²) in [5.74, 6) is 0.642. The Morgan fingerprint density at radius 2 is 2.18 bits per heavy atom. The van der Waals surface area contributed by atoms with E-state index in [0.29, 0.717) is 23.5 Å². The quantitative estimate of drug-likeness (QED) is 0.859. The van der Waals surface area contributed by atoms with E-state index in [-0.39, 0.29) is 0 Å². The first kappa shape index (κ1) is 11.8. The second-order valence-electron chi connectivity index (χ2n) is 4.25. The molecule has 0 bridgehead atoms. The van der Waals surface area contributed by atoms with Crippen molar-refractivity contribution in [3.8, 4) is 6.07 Å². The van der Waals surface area contributed by atoms with Crippen LogP contribution in [0.2, 0.25) is 0 Å². The Bertz CT molecular complexity index is 407. The van der Waals surface area contributed by atoms with E-state index in [1.54, 1.807) is 7.11 Å². The molecule has 17 heavy (non-hydrogen) atoms. The molecule has 1 aliphatic carbocycles. The molecule has 1 aromatic heterocycles. The Morgan fingerprint density at radius 3 is 2.82 bits per heavy atom. The van der Waals surface area contributed by atoms with Gasteiger partial charge in [0.15, 0.2) is 0 Å². The van der Waals surface area contributed by atoms with Gasteiger partial charge in [0.05, 0.1) is 12.3 Å². The molecule has 90 valence electrons. The van der Waals surface area contributed by atoms with Gasteiger partial charge < -0.3 is 10.1 Å². The van der Waals surface area contributed by atoms with Crippen LogP contribution in [0.15, 0.2) is 12.5 Å². The molecule has 0 saturated heterocycles. The third-order valence-corrected chi connectivity index (χ3v) is 3.18. The molecular formula is C12H16N4O. The summed E-state index contributed by atoms with van der Waals surface area (Å²) in [5, 5.41) is 12.3. The first-order valence-corrected chi connectivity index (χ1v) is 5.83. The number of nitrogens with zero attached hydrogens (tertiary/aromatic N) is 3. The average Bonchev–Trinajstić information content (AvgIpc) is 2.40. The SMILES string of the molecule is CO[C@H]1CC[C@H](Nc2ncncc2C#N)CC1. The molecule has 1 saturated carbocycles. The highest BCUT2D eigenvalue weighted by atomic mass is 16.5. The van der Waals surface area contributed by atoms with Crippen molar-refractivity contribution in [2.75, 3.05) is 12.4 Å². The highest BCUT2D eigenvalue weighted by molar-refractivity contribution is 5.50. The number of nitriles is 1. The molecule has 1 aromatic rings. The van der Waals surface area contributed by atoms with Crippen molar-refractivity contribution in [1.82, 2.24) is 9.97 Å². The summed E-state index contributed by atoms with van der Waals surface area (Å²) in [4.78, 5) is 7.95. The highest BCUT2D eigenvalue weighted by Gasteiger charge is 2.21. The number of rotatable bonds is 3. The van der Waals surface area contributed by atoms with Crippen molar-refractivity contribution in [3.63, 3.8) is 0 Å². The third-order valence-electron chi connectivity index (χ3n) is 3.18. The van der Waals surface area contributed by atoms with Crippen molar-refractivity contribution in [1.29, 1.82) is 5.26 Å². The zero-order valence-corrected chi connectivity index (χ0v) is 9.89. The zero-order valence-electron chi connectivity index (χ0n) is 9.89. The summed E-state index contributed by atoms with van der Waals surface area (Å²) in [6.45, 7) is 0. The minimum Gasteiger partial charge on any atom is -0.381 e. The minimum absolute atomic E-state index is 0.378. The van der Waals surface area contributed by atoms with Crippen LogP contribution in [0.4, 0.5) is 5.82 Å². The summed E-state index contributed by atoms with van der Waals surface area (Å²) in [5.41, 5.74) is 0.501. The fourth-order valence-electron chi connectivity index (χ4n) is 2.16. The van der Waals surface area contributed by atoms with Gasteiger partial charge in [-0.25, -0.2) is 9.97 Å². The van der Waals surface area contributed by atoms with Crippen molar-refractivity contribution in [2.45, 2.75) is 37.8 Å². The van der Waals surface area contributed by atoms with E-state index in [2.05, 4.69) is 21.4 Å². The van der Waals surface area contributed by atoms with Crippen LogP contribution in [0.1, 0.15) is 31.2 Å². The lowest BCUT2D eigenvalue weighted by molar-refractivity contribution is 0.0681. The topological polar surface area (TPSA) is 70.8 Å². The average molecular weight is 232 g/mol. The van der Waals surface area contributed by atoms with E-state index in [9.17, 15) is 0 Å². The van der Waals surface area contributed by atoms with Crippen molar-refractivity contribution in [3.05, 3.63) is 18.1 Å². The summed E-state index contributed by atoms with van der Waals surface area (Å²) in [6, 6.07) is 2.47. The van der Waals surface area contributed by atoms with Crippen LogP contribution in [-0.4, -0.2) is 29.2 Å². The van der Waals surface area contributed by atoms with Crippen LogP contribution in [-0.2, 0) is 4.74 Å². The lowest BCUT2D eigenvalue weighted by Gasteiger charge is -2.28. The van der Waals surface area contributed by atoms with E-state index in [1.165, 1.54) is 12.5 Å². The molecule has 1 fully saturated rings. The maximum atomic E-state index is 8.94. The van der Waals surface area contributed by atoms with Gasteiger partial charge >= 0.3 is 0 Å². The van der Waals surface area contributed by atoms with E-state index in [1.807, 2.05) is 0 Å². The maximum absolute atomic E-state index is 8.94. The number of methoxy groups -OCH3 is 1. The van der Waals surface area contributed by atoms with Crippen molar-refractivity contribution >= 4 is 5.82 Å². The van der Waals surface area contributed by atoms with Gasteiger partial charge in [-0.05, 0) is 25.7 Å². The smallest absolute Gasteiger partial charge is 0.147 e. The molecule has 0 aromatic carbocycles. The summed E-state index contributed by atoms with van der Waals surface area (Å²) in [7, 11) is 1.76. The molecular weight excluding hydrogens is 216 g/mol. The molecule has 0 aliphatic heterocycles. The van der Waals surface area contributed by atoms with Gasteiger partial charge in [-0.15, -0.1) is 0 Å². The zero-order chi connectivity index (χ0) is 12.1. The predicted octanol–water partition coefficient (Wildman–Crippen LogP) is 1.72. The first-order valence-electron chi connectivity index (χ1n) is 5.83. The second kappa shape index (κ2) is 5.60. The van der Waals surface area contributed by atoms with Gasteiger partial charge in [0.1, 0.15) is 23.8 Å². The van der Waals surface area contributed by atoms with Crippen LogP contribution in [0.25, 0.3) is 0 Å². The van der Waals surface area contributed by atoms with E-state index >= 15 is 0 Å². The van der Waals surface area contributed by atoms with Crippen LogP contribution in [0.5, 0.6) is 0 Å². The first-order chi connectivity index (χ1) is 8.33. The molecule has 5 heteroatoms. The minimum atomic E-state index is 0.378. The third kappa shape index (κ3) is 2.92. The van der Waals surface area contributed by atoms with Crippen LogP contribution in [0.3, 0.4) is 0 Å². The van der Waals surface area contributed by atoms with Crippen molar-refractivity contribution in [2.24, 2.45) is 0 Å². The monoisotopic (exact) mass is 232 g/mol. The van der Waals surface area contributed by atoms with Crippen LogP contribution >= 0.6 is 0 Å². The van der Waals surface area contributed by atoms with Crippen LogP contribution < -0.4 is 5.32 Å². The maximum Gasteiger partial charge on any atom is 0.147 e. The fraction of sp³-hybridized carbons (Fsp3) is 0.583. The predicted molar refractivity (Wildman–Crippen MR) is 63.4 cm³/mol. The standard InChI is InChI=1S/C12H16N4O/c1-17-11-4-2-10(3-5-11)16-12-9(6-13)7-14-8-15-12/h7-8,10-11H,2-5H2,1H3,(H,14,15,16)/t10-,11-. The molecule has 1 N–H and O–H groups in total. The van der Waals surface area contributed by atoms with Crippen LogP contribution in [0, 0.1) is 11.3 Å². The fourth-order valence-corrected chi connectivity index (χ4v) is 2.16. The second-order valence-corrected chi connectivity index (χ2v) is 4.25. The van der Waals surface area contributed by atoms with Gasteiger partial charge in [0.25, 0.3) is 0 Å². The number of anilines is 1. The number of hydrogen-bond donors (Lipinski definition) is 1. The molecule has 1 heterocycles. The highest BCUT2D eigenvalue weighted by Crippen LogP contribution is 2.23. The van der Waals surface area contributed by atoms with Crippen molar-refractivity contribution < 1.29 is 4.74 Å².